The first-order valence-corrected chi connectivity index (χ1v) is 9.25. The van der Waals surface area contributed by atoms with Crippen LogP contribution in [-0.4, -0.2) is 22.9 Å². The van der Waals surface area contributed by atoms with Gasteiger partial charge in [-0.15, -0.1) is 0 Å². The van der Waals surface area contributed by atoms with Crippen molar-refractivity contribution in [3.8, 4) is 0 Å². The van der Waals surface area contributed by atoms with Crippen molar-refractivity contribution in [2.75, 3.05) is 6.61 Å². The molecule has 0 aliphatic rings. The first kappa shape index (κ1) is 20.7. The van der Waals surface area contributed by atoms with E-state index in [-0.39, 0.29) is 6.61 Å². The zero-order chi connectivity index (χ0) is 15.6. The van der Waals surface area contributed by atoms with E-state index in [1.165, 1.54) is 77.0 Å². The number of aliphatic hydroxyl groups is 2. The average molecular weight is 299 g/mol. The van der Waals surface area contributed by atoms with Gasteiger partial charge < -0.3 is 10.2 Å². The summed E-state index contributed by atoms with van der Waals surface area (Å²) in [7, 11) is 0. The lowest BCUT2D eigenvalue weighted by molar-refractivity contribution is 0.0975. The Labute approximate surface area is 132 Å². The summed E-state index contributed by atoms with van der Waals surface area (Å²) in [4.78, 5) is 0. The van der Waals surface area contributed by atoms with E-state index in [2.05, 4.69) is 13.0 Å². The summed E-state index contributed by atoms with van der Waals surface area (Å²) in [5, 5.41) is 17.8. The first-order chi connectivity index (χ1) is 10.3. The molecule has 0 aromatic carbocycles. The van der Waals surface area contributed by atoms with Gasteiger partial charge in [0.15, 0.2) is 0 Å². The minimum Gasteiger partial charge on any atom is -0.394 e. The molecule has 2 nitrogen and oxygen atoms in total. The maximum atomic E-state index is 9.16. The predicted molar refractivity (Wildman–Crippen MR) is 92.5 cm³/mol. The molecule has 0 bridgehead atoms. The lowest BCUT2D eigenvalue weighted by Crippen LogP contribution is -2.09. The molecular formula is C19H38O2. The molecule has 21 heavy (non-hydrogen) atoms. The molecule has 1 unspecified atom stereocenters. The van der Waals surface area contributed by atoms with Gasteiger partial charge in [-0.05, 0) is 19.3 Å². The molecule has 126 valence electrons. The van der Waals surface area contributed by atoms with Crippen LogP contribution in [0.25, 0.3) is 0 Å². The quantitative estimate of drug-likeness (QED) is 0.297. The SMILES string of the molecule is CCCCCCCCCCCCCCC=CCC(O)CO. The molecule has 0 spiro atoms. The van der Waals surface area contributed by atoms with E-state index in [0.717, 1.165) is 6.42 Å². The van der Waals surface area contributed by atoms with Gasteiger partial charge in [-0.3, -0.25) is 0 Å². The number of rotatable bonds is 16. The monoisotopic (exact) mass is 298 g/mol. The Bertz CT molecular complexity index is 214. The molecule has 0 saturated carbocycles. The van der Waals surface area contributed by atoms with Crippen molar-refractivity contribution in [2.24, 2.45) is 0 Å². The average Bonchev–Trinajstić information content (AvgIpc) is 2.50. The van der Waals surface area contributed by atoms with Crippen LogP contribution < -0.4 is 0 Å². The largest absolute Gasteiger partial charge is 0.394 e. The molecule has 0 aromatic rings. The summed E-state index contributed by atoms with van der Waals surface area (Å²) in [6, 6.07) is 0. The molecule has 2 heteroatoms. The van der Waals surface area contributed by atoms with Gasteiger partial charge in [0.25, 0.3) is 0 Å². The summed E-state index contributed by atoms with van der Waals surface area (Å²) in [5.41, 5.74) is 0. The van der Waals surface area contributed by atoms with Gasteiger partial charge >= 0.3 is 0 Å². The molecule has 0 fully saturated rings. The van der Waals surface area contributed by atoms with E-state index in [9.17, 15) is 0 Å². The van der Waals surface area contributed by atoms with Crippen molar-refractivity contribution in [2.45, 2.75) is 103 Å². The Morgan fingerprint density at radius 2 is 1.19 bits per heavy atom. The smallest absolute Gasteiger partial charge is 0.0805 e. The fourth-order valence-corrected chi connectivity index (χ4v) is 2.55. The fourth-order valence-electron chi connectivity index (χ4n) is 2.55. The van der Waals surface area contributed by atoms with Crippen LogP contribution in [0.3, 0.4) is 0 Å². The molecule has 0 aromatic heterocycles. The molecule has 0 radical (unpaired) electrons. The maximum Gasteiger partial charge on any atom is 0.0805 e. The van der Waals surface area contributed by atoms with Gasteiger partial charge in [0.2, 0.25) is 0 Å². The van der Waals surface area contributed by atoms with Crippen molar-refractivity contribution < 1.29 is 10.2 Å². The number of aliphatic hydroxyl groups excluding tert-OH is 2. The van der Waals surface area contributed by atoms with Crippen LogP contribution in [0.1, 0.15) is 96.8 Å². The highest BCUT2D eigenvalue weighted by Gasteiger charge is 1.96. The number of hydrogen-bond donors (Lipinski definition) is 2. The first-order valence-electron chi connectivity index (χ1n) is 9.25. The van der Waals surface area contributed by atoms with Gasteiger partial charge in [-0.2, -0.15) is 0 Å². The molecule has 1 atom stereocenters. The third-order valence-electron chi connectivity index (χ3n) is 4.01. The third-order valence-corrected chi connectivity index (χ3v) is 4.01. The fraction of sp³-hybridized carbons (Fsp3) is 0.895. The van der Waals surface area contributed by atoms with E-state index < -0.39 is 6.10 Å². The molecule has 0 aliphatic carbocycles. The minimum atomic E-state index is -0.580. The van der Waals surface area contributed by atoms with Crippen molar-refractivity contribution in [1.29, 1.82) is 0 Å². The van der Waals surface area contributed by atoms with E-state index in [1.54, 1.807) is 0 Å². The Hall–Kier alpha value is -0.340. The highest BCUT2D eigenvalue weighted by Crippen LogP contribution is 2.12. The molecule has 0 aliphatic heterocycles. The van der Waals surface area contributed by atoms with E-state index in [4.69, 9.17) is 10.2 Å². The van der Waals surface area contributed by atoms with E-state index in [1.807, 2.05) is 6.08 Å². The van der Waals surface area contributed by atoms with Crippen LogP contribution in [0, 0.1) is 0 Å². The van der Waals surface area contributed by atoms with Crippen LogP contribution in [0.5, 0.6) is 0 Å². The second-order valence-electron chi connectivity index (χ2n) is 6.22. The minimum absolute atomic E-state index is 0.136. The summed E-state index contributed by atoms with van der Waals surface area (Å²) >= 11 is 0. The standard InChI is InChI=1S/C19H38O2/c1-2-3-4-5-6-7-8-9-10-11-12-13-14-15-16-17-19(21)18-20/h15-16,19-21H,2-14,17-18H2,1H3. The zero-order valence-electron chi connectivity index (χ0n) is 14.2. The van der Waals surface area contributed by atoms with Gasteiger partial charge in [-0.1, -0.05) is 89.7 Å². The Balaban J connectivity index is 3.05. The Kier molecular flexibility index (Phi) is 17.4. The topological polar surface area (TPSA) is 40.5 Å². The number of hydrogen-bond acceptors (Lipinski definition) is 2. The number of unbranched alkanes of at least 4 members (excludes halogenated alkanes) is 12. The zero-order valence-corrected chi connectivity index (χ0v) is 14.2. The molecule has 0 amide bonds. The Morgan fingerprint density at radius 3 is 1.67 bits per heavy atom. The van der Waals surface area contributed by atoms with Gasteiger partial charge in [0.05, 0.1) is 12.7 Å². The van der Waals surface area contributed by atoms with Crippen molar-refractivity contribution in [3.63, 3.8) is 0 Å². The normalized spacial score (nSPS) is 13.1. The highest BCUT2D eigenvalue weighted by atomic mass is 16.3. The number of allylic oxidation sites excluding steroid dienone is 1. The lowest BCUT2D eigenvalue weighted by Gasteiger charge is -2.02. The second-order valence-corrected chi connectivity index (χ2v) is 6.22. The predicted octanol–water partition coefficient (Wildman–Crippen LogP) is 5.38. The highest BCUT2D eigenvalue weighted by molar-refractivity contribution is 4.83. The van der Waals surface area contributed by atoms with E-state index in [0.29, 0.717) is 6.42 Å². The summed E-state index contributed by atoms with van der Waals surface area (Å²) in [6.07, 6.45) is 21.9. The molecule has 2 N–H and O–H groups in total. The van der Waals surface area contributed by atoms with Crippen molar-refractivity contribution >= 4 is 0 Å². The van der Waals surface area contributed by atoms with Crippen LogP contribution in [0.2, 0.25) is 0 Å². The maximum absolute atomic E-state index is 9.16. The van der Waals surface area contributed by atoms with Crippen LogP contribution in [0.15, 0.2) is 12.2 Å². The molecule has 0 saturated heterocycles. The van der Waals surface area contributed by atoms with Crippen LogP contribution in [0.4, 0.5) is 0 Å². The summed E-state index contributed by atoms with van der Waals surface area (Å²) in [5.74, 6) is 0. The van der Waals surface area contributed by atoms with Crippen molar-refractivity contribution in [1.82, 2.24) is 0 Å². The Morgan fingerprint density at radius 1 is 0.714 bits per heavy atom. The summed E-state index contributed by atoms with van der Waals surface area (Å²) < 4.78 is 0. The third kappa shape index (κ3) is 17.6. The molecule has 0 rings (SSSR count). The van der Waals surface area contributed by atoms with Crippen LogP contribution in [-0.2, 0) is 0 Å². The van der Waals surface area contributed by atoms with E-state index >= 15 is 0 Å². The summed E-state index contributed by atoms with van der Waals surface area (Å²) in [6.45, 7) is 2.14. The second kappa shape index (κ2) is 17.7. The van der Waals surface area contributed by atoms with Gasteiger partial charge in [0.1, 0.15) is 0 Å². The molecule has 0 heterocycles. The van der Waals surface area contributed by atoms with Crippen molar-refractivity contribution in [3.05, 3.63) is 12.2 Å². The van der Waals surface area contributed by atoms with Crippen LogP contribution >= 0.6 is 0 Å². The van der Waals surface area contributed by atoms with Gasteiger partial charge in [-0.25, -0.2) is 0 Å². The van der Waals surface area contributed by atoms with Gasteiger partial charge in [0, 0.05) is 0 Å². The molecular weight excluding hydrogens is 260 g/mol. The lowest BCUT2D eigenvalue weighted by atomic mass is 10.0.